The molecule has 2 rings (SSSR count). The summed E-state index contributed by atoms with van der Waals surface area (Å²) < 4.78 is 2.29. The highest BCUT2D eigenvalue weighted by molar-refractivity contribution is 6.82. The van der Waals surface area contributed by atoms with E-state index in [2.05, 4.69) is 45.8 Å². The number of halogens is 2. The molecular formula is C19H26Cl2N2O2Si. The van der Waals surface area contributed by atoms with Gasteiger partial charge in [0.1, 0.15) is 5.02 Å². The van der Waals surface area contributed by atoms with E-state index in [1.54, 1.807) is 12.1 Å². The Bertz CT molecular complexity index is 794. The van der Waals surface area contributed by atoms with Gasteiger partial charge in [-0.05, 0) is 28.8 Å². The zero-order chi connectivity index (χ0) is 19.8. The Morgan fingerprint density at radius 3 is 1.92 bits per heavy atom. The normalized spacial score (nSPS) is 12.4. The van der Waals surface area contributed by atoms with E-state index in [1.807, 2.05) is 12.4 Å². The number of hydrogen-bond donors (Lipinski definition) is 0. The standard InChI is InChI=1S/C19H26Cl2N2O2Si/c1-12(2)26(13(3)4,14(5)6)22-10-16(18(21)11-22)15-8-7-9-17(20)19(15)23(24)25/h7-14H,1-6H3. The number of nitro groups is 1. The molecule has 142 valence electrons. The smallest absolute Gasteiger partial charge is 0.295 e. The molecular weight excluding hydrogens is 387 g/mol. The lowest BCUT2D eigenvalue weighted by Crippen LogP contribution is -2.51. The SMILES string of the molecule is CC(C)[Si](C(C)C)(C(C)C)n1cc(Cl)c(-c2cccc(Cl)c2[N+](=O)[O-])c1. The maximum absolute atomic E-state index is 11.5. The molecule has 2 aromatic rings. The third-order valence-corrected chi connectivity index (χ3v) is 12.8. The van der Waals surface area contributed by atoms with Crippen LogP contribution in [0.4, 0.5) is 5.69 Å². The van der Waals surface area contributed by atoms with Gasteiger partial charge in [-0.25, -0.2) is 0 Å². The van der Waals surface area contributed by atoms with Crippen LogP contribution < -0.4 is 0 Å². The molecule has 0 atom stereocenters. The summed E-state index contributed by atoms with van der Waals surface area (Å²) in [6, 6.07) is 4.96. The van der Waals surface area contributed by atoms with Gasteiger partial charge in [0.05, 0.1) is 15.5 Å². The van der Waals surface area contributed by atoms with Crippen LogP contribution in [0, 0.1) is 10.1 Å². The molecule has 26 heavy (non-hydrogen) atoms. The van der Waals surface area contributed by atoms with E-state index >= 15 is 0 Å². The summed E-state index contributed by atoms with van der Waals surface area (Å²) in [5, 5.41) is 12.2. The first-order valence-electron chi connectivity index (χ1n) is 8.86. The van der Waals surface area contributed by atoms with Crippen molar-refractivity contribution < 1.29 is 4.92 Å². The van der Waals surface area contributed by atoms with Crippen LogP contribution in [0.1, 0.15) is 41.5 Å². The summed E-state index contributed by atoms with van der Waals surface area (Å²) in [6.07, 6.45) is 3.95. The quantitative estimate of drug-likeness (QED) is 0.281. The number of benzene rings is 1. The predicted molar refractivity (Wildman–Crippen MR) is 113 cm³/mol. The van der Waals surface area contributed by atoms with Crippen LogP contribution in [-0.4, -0.2) is 17.4 Å². The average molecular weight is 413 g/mol. The van der Waals surface area contributed by atoms with Gasteiger partial charge < -0.3 is 4.23 Å². The van der Waals surface area contributed by atoms with Crippen molar-refractivity contribution in [1.29, 1.82) is 0 Å². The Labute approximate surface area is 166 Å². The van der Waals surface area contributed by atoms with E-state index in [-0.39, 0.29) is 10.7 Å². The van der Waals surface area contributed by atoms with E-state index in [1.165, 1.54) is 6.07 Å². The van der Waals surface area contributed by atoms with Gasteiger partial charge in [0, 0.05) is 18.0 Å². The van der Waals surface area contributed by atoms with Gasteiger partial charge in [0.15, 0.2) is 8.24 Å². The Kier molecular flexibility index (Phi) is 6.26. The first-order chi connectivity index (χ1) is 12.0. The molecule has 0 bridgehead atoms. The maximum atomic E-state index is 11.5. The van der Waals surface area contributed by atoms with Gasteiger partial charge in [-0.15, -0.1) is 0 Å². The van der Waals surface area contributed by atoms with Gasteiger partial charge in [-0.2, -0.15) is 0 Å². The minimum absolute atomic E-state index is 0.0975. The largest absolute Gasteiger partial charge is 0.378 e. The number of rotatable bonds is 6. The minimum atomic E-state index is -1.98. The second kappa shape index (κ2) is 7.75. The van der Waals surface area contributed by atoms with Gasteiger partial charge >= 0.3 is 0 Å². The summed E-state index contributed by atoms with van der Waals surface area (Å²) in [6.45, 7) is 13.6. The zero-order valence-electron chi connectivity index (χ0n) is 16.1. The predicted octanol–water partition coefficient (Wildman–Crippen LogP) is 7.39. The van der Waals surface area contributed by atoms with Crippen molar-refractivity contribution in [2.24, 2.45) is 0 Å². The lowest BCUT2D eigenvalue weighted by molar-refractivity contribution is -0.384. The molecule has 0 saturated carbocycles. The summed E-state index contributed by atoms with van der Waals surface area (Å²) in [5.74, 6) is 0. The average Bonchev–Trinajstić information content (AvgIpc) is 2.87. The van der Waals surface area contributed by atoms with Crippen molar-refractivity contribution in [3.8, 4) is 11.1 Å². The second-order valence-corrected chi connectivity index (χ2v) is 14.2. The molecule has 0 fully saturated rings. The number of aromatic nitrogens is 1. The number of nitrogens with zero attached hydrogens (tertiary/aromatic N) is 2. The van der Waals surface area contributed by atoms with Crippen LogP contribution in [0.15, 0.2) is 30.6 Å². The molecule has 0 N–H and O–H groups in total. The first-order valence-corrected chi connectivity index (χ1v) is 11.8. The second-order valence-electron chi connectivity index (χ2n) is 7.67. The van der Waals surface area contributed by atoms with Crippen molar-refractivity contribution in [2.75, 3.05) is 0 Å². The highest BCUT2D eigenvalue weighted by Crippen LogP contribution is 2.46. The molecule has 0 spiro atoms. The van der Waals surface area contributed by atoms with Gasteiger partial charge in [0.25, 0.3) is 5.69 Å². The van der Waals surface area contributed by atoms with Gasteiger partial charge in [-0.3, -0.25) is 10.1 Å². The number of nitro benzene ring substituents is 1. The van der Waals surface area contributed by atoms with Crippen molar-refractivity contribution in [3.05, 3.63) is 50.8 Å². The van der Waals surface area contributed by atoms with E-state index in [0.29, 0.717) is 32.8 Å². The van der Waals surface area contributed by atoms with E-state index in [0.717, 1.165) is 0 Å². The van der Waals surface area contributed by atoms with Crippen molar-refractivity contribution in [3.63, 3.8) is 0 Å². The van der Waals surface area contributed by atoms with E-state index in [4.69, 9.17) is 23.2 Å². The lowest BCUT2D eigenvalue weighted by Gasteiger charge is -2.44. The molecule has 0 saturated heterocycles. The van der Waals surface area contributed by atoms with Crippen LogP contribution in [-0.2, 0) is 0 Å². The first kappa shape index (κ1) is 21.0. The lowest BCUT2D eigenvalue weighted by atomic mass is 10.1. The summed E-state index contributed by atoms with van der Waals surface area (Å²) in [7, 11) is -1.98. The van der Waals surface area contributed by atoms with Crippen LogP contribution in [0.5, 0.6) is 0 Å². The topological polar surface area (TPSA) is 48.1 Å². The maximum Gasteiger partial charge on any atom is 0.295 e. The molecule has 0 amide bonds. The molecule has 1 aromatic carbocycles. The van der Waals surface area contributed by atoms with Crippen molar-refractivity contribution >= 4 is 37.1 Å². The fraction of sp³-hybridized carbons (Fsp3) is 0.474. The molecule has 0 unspecified atom stereocenters. The third-order valence-electron chi connectivity index (χ3n) is 5.46. The van der Waals surface area contributed by atoms with Crippen molar-refractivity contribution in [2.45, 2.75) is 58.2 Å². The zero-order valence-corrected chi connectivity index (χ0v) is 18.6. The number of para-hydroxylation sites is 1. The molecule has 4 nitrogen and oxygen atoms in total. The number of hydrogen-bond acceptors (Lipinski definition) is 2. The van der Waals surface area contributed by atoms with Gasteiger partial charge in [0.2, 0.25) is 0 Å². The fourth-order valence-electron chi connectivity index (χ4n) is 4.66. The molecule has 0 aliphatic carbocycles. The minimum Gasteiger partial charge on any atom is -0.378 e. The summed E-state index contributed by atoms with van der Waals surface area (Å²) >= 11 is 12.7. The Balaban J connectivity index is 2.75. The fourth-order valence-corrected chi connectivity index (χ4v) is 11.7. The van der Waals surface area contributed by atoms with Crippen molar-refractivity contribution in [1.82, 2.24) is 4.23 Å². The van der Waals surface area contributed by atoms with Crippen LogP contribution in [0.2, 0.25) is 26.7 Å². The van der Waals surface area contributed by atoms with Crippen LogP contribution in [0.3, 0.4) is 0 Å². The van der Waals surface area contributed by atoms with Crippen LogP contribution in [0.25, 0.3) is 11.1 Å². The highest BCUT2D eigenvalue weighted by atomic mass is 35.5. The summed E-state index contributed by atoms with van der Waals surface area (Å²) in [5.41, 5.74) is 2.51. The molecule has 0 radical (unpaired) electrons. The van der Waals surface area contributed by atoms with E-state index < -0.39 is 13.2 Å². The Hall–Kier alpha value is -1.30. The van der Waals surface area contributed by atoms with Crippen LogP contribution >= 0.6 is 23.2 Å². The molecule has 0 aliphatic heterocycles. The van der Waals surface area contributed by atoms with E-state index in [9.17, 15) is 10.1 Å². The van der Waals surface area contributed by atoms with Gasteiger partial charge in [-0.1, -0.05) is 70.8 Å². The monoisotopic (exact) mass is 412 g/mol. The molecule has 1 aromatic heterocycles. The highest BCUT2D eigenvalue weighted by Gasteiger charge is 2.45. The molecule has 0 aliphatic rings. The summed E-state index contributed by atoms with van der Waals surface area (Å²) in [4.78, 5) is 11.1. The Morgan fingerprint density at radius 1 is 0.923 bits per heavy atom. The Morgan fingerprint density at radius 2 is 1.46 bits per heavy atom. The molecule has 1 heterocycles. The molecule has 7 heteroatoms. The third kappa shape index (κ3) is 3.32.